The van der Waals surface area contributed by atoms with Crippen molar-refractivity contribution in [3.63, 3.8) is 0 Å². The van der Waals surface area contributed by atoms with Gasteiger partial charge in [-0.1, -0.05) is 13.8 Å². The van der Waals surface area contributed by atoms with Crippen LogP contribution in [0.25, 0.3) is 0 Å². The van der Waals surface area contributed by atoms with Crippen LogP contribution in [-0.2, 0) is 21.3 Å². The minimum Gasteiger partial charge on any atom is -0.383 e. The molecule has 0 aliphatic heterocycles. The van der Waals surface area contributed by atoms with Gasteiger partial charge in [-0.3, -0.25) is 0 Å². The predicted molar refractivity (Wildman–Crippen MR) is 87.3 cm³/mol. The molecule has 1 aromatic rings. The molecule has 1 aromatic heterocycles. The molecule has 1 N–H and O–H groups in total. The van der Waals surface area contributed by atoms with Gasteiger partial charge in [0.1, 0.15) is 4.90 Å². The standard InChI is InChI=1S/C14H26N2O3S2/c1-10(2)15-7-13-14(11(3)9-20-13)21(17,18)16(5)12(4)8-19-6/h9-10,12,15H,7-8H2,1-6H3. The van der Waals surface area contributed by atoms with E-state index in [-0.39, 0.29) is 6.04 Å². The maximum Gasteiger partial charge on any atom is 0.244 e. The Bertz CT molecular complexity index is 553. The number of hydrogen-bond acceptors (Lipinski definition) is 5. The van der Waals surface area contributed by atoms with E-state index < -0.39 is 10.0 Å². The van der Waals surface area contributed by atoms with E-state index in [2.05, 4.69) is 5.32 Å². The summed E-state index contributed by atoms with van der Waals surface area (Å²) in [6.45, 7) is 8.71. The topological polar surface area (TPSA) is 58.6 Å². The summed E-state index contributed by atoms with van der Waals surface area (Å²) >= 11 is 1.49. The fraction of sp³-hybridized carbons (Fsp3) is 0.714. The molecule has 0 fully saturated rings. The third kappa shape index (κ3) is 4.50. The minimum atomic E-state index is -3.50. The van der Waals surface area contributed by atoms with Crippen molar-refractivity contribution >= 4 is 21.4 Å². The summed E-state index contributed by atoms with van der Waals surface area (Å²) in [5.41, 5.74) is 0.803. The van der Waals surface area contributed by atoms with Crippen molar-refractivity contribution in [3.05, 3.63) is 15.8 Å². The molecule has 1 heterocycles. The predicted octanol–water partition coefficient (Wildman–Crippen LogP) is 2.21. The number of thiophene rings is 1. The Hall–Kier alpha value is -0.470. The van der Waals surface area contributed by atoms with Gasteiger partial charge in [-0.05, 0) is 24.8 Å². The van der Waals surface area contributed by atoms with Gasteiger partial charge in [0, 0.05) is 37.7 Å². The lowest BCUT2D eigenvalue weighted by atomic mass is 10.3. The quantitative estimate of drug-likeness (QED) is 0.792. The average molecular weight is 335 g/mol. The van der Waals surface area contributed by atoms with Crippen LogP contribution in [0, 0.1) is 6.92 Å². The third-order valence-electron chi connectivity index (χ3n) is 3.33. The highest BCUT2D eigenvalue weighted by Crippen LogP contribution is 2.30. The van der Waals surface area contributed by atoms with E-state index in [4.69, 9.17) is 4.74 Å². The molecule has 0 aliphatic carbocycles. The van der Waals surface area contributed by atoms with Gasteiger partial charge in [-0.2, -0.15) is 4.31 Å². The van der Waals surface area contributed by atoms with E-state index in [1.165, 1.54) is 15.6 Å². The fourth-order valence-electron chi connectivity index (χ4n) is 1.98. The highest BCUT2D eigenvalue weighted by Gasteiger charge is 2.30. The van der Waals surface area contributed by atoms with E-state index in [0.29, 0.717) is 24.1 Å². The largest absolute Gasteiger partial charge is 0.383 e. The zero-order chi connectivity index (χ0) is 16.2. The first-order valence-corrected chi connectivity index (χ1v) is 9.31. The summed E-state index contributed by atoms with van der Waals surface area (Å²) in [5, 5.41) is 5.19. The van der Waals surface area contributed by atoms with Crippen molar-refractivity contribution in [2.45, 2.75) is 51.2 Å². The molecule has 0 aromatic carbocycles. The van der Waals surface area contributed by atoms with Crippen molar-refractivity contribution in [1.29, 1.82) is 0 Å². The molecule has 1 rings (SSSR count). The average Bonchev–Trinajstić information content (AvgIpc) is 2.77. The highest BCUT2D eigenvalue weighted by atomic mass is 32.2. The van der Waals surface area contributed by atoms with Crippen LogP contribution in [0.2, 0.25) is 0 Å². The summed E-state index contributed by atoms with van der Waals surface area (Å²) in [6.07, 6.45) is 0. The van der Waals surface area contributed by atoms with Crippen LogP contribution in [0.15, 0.2) is 10.3 Å². The number of rotatable bonds is 8. The number of likely N-dealkylation sites (N-methyl/N-ethyl adjacent to an activating group) is 1. The second-order valence-corrected chi connectivity index (χ2v) is 8.43. The lowest BCUT2D eigenvalue weighted by molar-refractivity contribution is 0.149. The number of hydrogen-bond donors (Lipinski definition) is 1. The number of sulfonamides is 1. The van der Waals surface area contributed by atoms with Crippen molar-refractivity contribution in [1.82, 2.24) is 9.62 Å². The number of nitrogens with one attached hydrogen (secondary N) is 1. The van der Waals surface area contributed by atoms with Crippen molar-refractivity contribution in [2.24, 2.45) is 0 Å². The molecule has 0 saturated carbocycles. The Morgan fingerprint density at radius 3 is 2.52 bits per heavy atom. The maximum atomic E-state index is 12.8. The molecule has 0 amide bonds. The van der Waals surface area contributed by atoms with Gasteiger partial charge in [-0.15, -0.1) is 11.3 Å². The van der Waals surface area contributed by atoms with Gasteiger partial charge in [0.05, 0.1) is 6.61 Å². The molecule has 0 aliphatic rings. The molecule has 122 valence electrons. The first-order chi connectivity index (χ1) is 9.71. The monoisotopic (exact) mass is 334 g/mol. The smallest absolute Gasteiger partial charge is 0.244 e. The Morgan fingerprint density at radius 1 is 1.38 bits per heavy atom. The molecule has 21 heavy (non-hydrogen) atoms. The molecular formula is C14H26N2O3S2. The Morgan fingerprint density at radius 2 is 2.00 bits per heavy atom. The molecule has 0 spiro atoms. The van der Waals surface area contributed by atoms with E-state index >= 15 is 0 Å². The summed E-state index contributed by atoms with van der Waals surface area (Å²) in [4.78, 5) is 1.30. The molecule has 1 atom stereocenters. The molecule has 7 heteroatoms. The zero-order valence-corrected chi connectivity index (χ0v) is 15.3. The van der Waals surface area contributed by atoms with Crippen LogP contribution in [0.4, 0.5) is 0 Å². The first-order valence-electron chi connectivity index (χ1n) is 6.99. The Balaban J connectivity index is 3.10. The summed E-state index contributed by atoms with van der Waals surface area (Å²) < 4.78 is 32.1. The molecule has 5 nitrogen and oxygen atoms in total. The van der Waals surface area contributed by atoms with Gasteiger partial charge in [0.2, 0.25) is 10.0 Å². The van der Waals surface area contributed by atoms with Gasteiger partial charge < -0.3 is 10.1 Å². The number of nitrogens with zero attached hydrogens (tertiary/aromatic N) is 1. The fourth-order valence-corrected chi connectivity index (χ4v) is 5.03. The Kier molecular flexibility index (Phi) is 6.80. The SMILES string of the molecule is COCC(C)N(C)S(=O)(=O)c1c(C)csc1CNC(C)C. The van der Waals surface area contributed by atoms with Gasteiger partial charge in [-0.25, -0.2) is 8.42 Å². The molecule has 0 saturated heterocycles. The molecule has 0 bridgehead atoms. The van der Waals surface area contributed by atoms with E-state index in [1.807, 2.05) is 33.1 Å². The van der Waals surface area contributed by atoms with Crippen LogP contribution in [-0.4, -0.2) is 45.6 Å². The van der Waals surface area contributed by atoms with Gasteiger partial charge in [0.25, 0.3) is 0 Å². The van der Waals surface area contributed by atoms with Crippen LogP contribution < -0.4 is 5.32 Å². The summed E-state index contributed by atoms with van der Waals surface area (Å²) in [6, 6.07) is 0.110. The van der Waals surface area contributed by atoms with Gasteiger partial charge >= 0.3 is 0 Å². The minimum absolute atomic E-state index is 0.204. The second-order valence-electron chi connectivity index (χ2n) is 5.53. The normalized spacial score (nSPS) is 14.1. The number of ether oxygens (including phenoxy) is 1. The van der Waals surface area contributed by atoms with Gasteiger partial charge in [0.15, 0.2) is 0 Å². The van der Waals surface area contributed by atoms with Crippen molar-refractivity contribution in [2.75, 3.05) is 20.8 Å². The maximum absolute atomic E-state index is 12.8. The highest BCUT2D eigenvalue weighted by molar-refractivity contribution is 7.89. The summed E-state index contributed by atoms with van der Waals surface area (Å²) in [7, 11) is -0.321. The summed E-state index contributed by atoms with van der Waals surface area (Å²) in [5.74, 6) is 0. The molecule has 0 radical (unpaired) electrons. The van der Waals surface area contributed by atoms with E-state index in [1.54, 1.807) is 14.2 Å². The number of aryl methyl sites for hydroxylation is 1. The number of methoxy groups -OCH3 is 1. The van der Waals surface area contributed by atoms with Crippen LogP contribution in [0.1, 0.15) is 31.2 Å². The molecular weight excluding hydrogens is 308 g/mol. The van der Waals surface area contributed by atoms with Crippen LogP contribution in [0.3, 0.4) is 0 Å². The lowest BCUT2D eigenvalue weighted by Crippen LogP contribution is -2.38. The zero-order valence-electron chi connectivity index (χ0n) is 13.6. The van der Waals surface area contributed by atoms with Crippen LogP contribution in [0.5, 0.6) is 0 Å². The third-order valence-corrected chi connectivity index (χ3v) is 6.76. The Labute approximate surface area is 132 Å². The first kappa shape index (κ1) is 18.6. The van der Waals surface area contributed by atoms with Crippen LogP contribution >= 0.6 is 11.3 Å². The molecule has 1 unspecified atom stereocenters. The van der Waals surface area contributed by atoms with Crippen molar-refractivity contribution in [3.8, 4) is 0 Å². The second kappa shape index (κ2) is 7.69. The van der Waals surface area contributed by atoms with E-state index in [0.717, 1.165) is 10.4 Å². The van der Waals surface area contributed by atoms with Crippen molar-refractivity contribution < 1.29 is 13.2 Å². The van der Waals surface area contributed by atoms with E-state index in [9.17, 15) is 8.42 Å². The lowest BCUT2D eigenvalue weighted by Gasteiger charge is -2.24.